The van der Waals surface area contributed by atoms with Gasteiger partial charge in [0.1, 0.15) is 5.69 Å². The van der Waals surface area contributed by atoms with Gasteiger partial charge in [0.25, 0.3) is 5.91 Å². The Hall–Kier alpha value is -1.69. The number of hydrogen-bond acceptors (Lipinski definition) is 4. The number of amides is 1. The van der Waals surface area contributed by atoms with E-state index in [1.54, 1.807) is 0 Å². The Morgan fingerprint density at radius 3 is 2.94 bits per heavy atom. The van der Waals surface area contributed by atoms with E-state index in [0.717, 1.165) is 4.42 Å². The molecule has 1 aliphatic carbocycles. The number of nitrogens with zero attached hydrogens (tertiary/aromatic N) is 3. The zero-order valence-electron chi connectivity index (χ0n) is 8.76. The van der Waals surface area contributed by atoms with Crippen LogP contribution in [0.1, 0.15) is 33.8 Å². The summed E-state index contributed by atoms with van der Waals surface area (Å²) in [4.78, 5) is 24.2. The number of fused-ring (bicyclic) bond motifs is 2. The number of carbonyl (C=O) groups excluding carboxylic acids is 2. The highest BCUT2D eigenvalue weighted by Gasteiger charge is 2.42. The Morgan fingerprint density at radius 2 is 2.12 bits per heavy atom. The van der Waals surface area contributed by atoms with Crippen molar-refractivity contribution in [2.75, 3.05) is 0 Å². The second kappa shape index (κ2) is 3.66. The van der Waals surface area contributed by atoms with Gasteiger partial charge in [-0.15, -0.1) is 5.10 Å². The first-order valence-corrected chi connectivity index (χ1v) is 5.63. The molecular weight excluding hydrogens is 244 g/mol. The van der Waals surface area contributed by atoms with Gasteiger partial charge in [-0.2, -0.15) is 0 Å². The molecule has 88 valence electrons. The topological polar surface area (TPSA) is 79.0 Å². The van der Waals surface area contributed by atoms with E-state index in [2.05, 4.69) is 15.4 Å². The van der Waals surface area contributed by atoms with Crippen molar-refractivity contribution in [3.05, 3.63) is 23.5 Å². The van der Waals surface area contributed by atoms with Gasteiger partial charge in [-0.25, -0.2) is 4.42 Å². The number of nitrogens with one attached hydrogen (secondary N) is 1. The minimum atomic E-state index is -0.466. The normalized spacial score (nSPS) is 27.7. The average Bonchev–Trinajstić information content (AvgIpc) is 2.82. The highest BCUT2D eigenvalue weighted by Crippen LogP contribution is 2.32. The third kappa shape index (κ3) is 1.40. The van der Waals surface area contributed by atoms with Gasteiger partial charge in [-0.05, 0) is 12.8 Å². The molecule has 0 aromatic carbocycles. The van der Waals surface area contributed by atoms with Crippen molar-refractivity contribution in [1.29, 1.82) is 0 Å². The zero-order valence-corrected chi connectivity index (χ0v) is 9.52. The molecule has 0 radical (unpaired) electrons. The number of hydrogen-bond donors (Lipinski definition) is 1. The van der Waals surface area contributed by atoms with Crippen LogP contribution in [-0.4, -0.2) is 37.6 Å². The maximum Gasteiger partial charge on any atom is 0.291 e. The van der Waals surface area contributed by atoms with Crippen LogP contribution in [0.2, 0.25) is 0 Å². The van der Waals surface area contributed by atoms with Crippen molar-refractivity contribution in [1.82, 2.24) is 19.8 Å². The average molecular weight is 253 g/mol. The van der Waals surface area contributed by atoms with E-state index in [1.165, 1.54) is 0 Å². The number of H-pyrrole nitrogens is 1. The third-order valence-corrected chi connectivity index (χ3v) is 3.62. The van der Waals surface area contributed by atoms with Gasteiger partial charge in [-0.1, -0.05) is 17.4 Å². The van der Waals surface area contributed by atoms with Gasteiger partial charge in [0.2, 0.25) is 0 Å². The quantitative estimate of drug-likeness (QED) is 0.550. The van der Waals surface area contributed by atoms with Crippen LogP contribution in [-0.2, 0) is 0 Å². The molecule has 2 heterocycles. The molecule has 1 aliphatic heterocycles. The number of aromatic nitrogens is 3. The minimum Gasteiger partial charge on any atom is -0.292 e. The number of carbonyl (C=O) groups is 2. The maximum atomic E-state index is 12.2. The monoisotopic (exact) mass is 252 g/mol. The molecule has 3 rings (SSSR count). The molecule has 1 aromatic rings. The summed E-state index contributed by atoms with van der Waals surface area (Å²) in [6.45, 7) is 0. The van der Waals surface area contributed by atoms with E-state index in [0.29, 0.717) is 12.8 Å². The van der Waals surface area contributed by atoms with Crippen LogP contribution in [0.3, 0.4) is 0 Å². The second-order valence-corrected chi connectivity index (χ2v) is 4.50. The number of Topliss-reactive ketones (excluding diaryl/α,β-unsaturated/α-hetero) is 1. The lowest BCUT2D eigenvalue weighted by Gasteiger charge is -2.29. The Bertz CT molecular complexity index is 524. The second-order valence-electron chi connectivity index (χ2n) is 4.13. The minimum absolute atomic E-state index is 0.0133. The van der Waals surface area contributed by atoms with Gasteiger partial charge in [0, 0.05) is 17.7 Å². The summed E-state index contributed by atoms with van der Waals surface area (Å²) in [5.74, 6) is -0.924. The number of rotatable bonds is 0. The van der Waals surface area contributed by atoms with Gasteiger partial charge in [0.15, 0.2) is 11.5 Å². The molecule has 1 N–H and O–H groups in total. The van der Waals surface area contributed by atoms with E-state index in [1.807, 2.05) is 12.2 Å². The van der Waals surface area contributed by atoms with Gasteiger partial charge < -0.3 is 0 Å². The van der Waals surface area contributed by atoms with Gasteiger partial charge >= 0.3 is 0 Å². The fourth-order valence-corrected chi connectivity index (χ4v) is 2.61. The standard InChI is InChI=1S/C10H9ClN4O2/c11-15-6-4-2-1-3-5(6)9(16)7-8(10(15)17)13-14-12-7/h1-2,5-6H,3-4H2,(H,12,13,14). The smallest absolute Gasteiger partial charge is 0.291 e. The van der Waals surface area contributed by atoms with Crippen LogP contribution in [0.5, 0.6) is 0 Å². The van der Waals surface area contributed by atoms with Crippen molar-refractivity contribution in [2.45, 2.75) is 18.9 Å². The molecule has 0 fully saturated rings. The van der Waals surface area contributed by atoms with Crippen LogP contribution in [0.4, 0.5) is 0 Å². The van der Waals surface area contributed by atoms with E-state index < -0.39 is 5.91 Å². The molecule has 7 heteroatoms. The van der Waals surface area contributed by atoms with Crippen LogP contribution in [0.15, 0.2) is 12.2 Å². The van der Waals surface area contributed by atoms with Crippen molar-refractivity contribution in [2.24, 2.45) is 5.92 Å². The molecule has 0 bridgehead atoms. The predicted octanol–water partition coefficient (Wildman–Crippen LogP) is 0.932. The lowest BCUT2D eigenvalue weighted by atomic mass is 9.85. The molecule has 1 aromatic heterocycles. The molecule has 2 aliphatic rings. The van der Waals surface area contributed by atoms with Gasteiger partial charge in [0.05, 0.1) is 6.04 Å². The molecule has 6 nitrogen and oxygen atoms in total. The molecule has 2 unspecified atom stereocenters. The lowest BCUT2D eigenvalue weighted by Crippen LogP contribution is -2.39. The Labute approximate surface area is 102 Å². The molecule has 0 saturated heterocycles. The summed E-state index contributed by atoms with van der Waals surface area (Å²) in [5.41, 5.74) is 0.183. The fourth-order valence-electron chi connectivity index (χ4n) is 2.32. The first-order chi connectivity index (χ1) is 8.20. The van der Waals surface area contributed by atoms with Crippen molar-refractivity contribution >= 4 is 23.5 Å². The lowest BCUT2D eigenvalue weighted by molar-refractivity contribution is 0.0756. The van der Waals surface area contributed by atoms with Gasteiger partial charge in [-0.3, -0.25) is 14.7 Å². The van der Waals surface area contributed by atoms with Crippen molar-refractivity contribution < 1.29 is 9.59 Å². The number of aromatic amines is 1. The number of halogens is 1. The van der Waals surface area contributed by atoms with E-state index >= 15 is 0 Å². The van der Waals surface area contributed by atoms with Crippen LogP contribution < -0.4 is 0 Å². The van der Waals surface area contributed by atoms with E-state index in [9.17, 15) is 9.59 Å². The maximum absolute atomic E-state index is 12.2. The predicted molar refractivity (Wildman–Crippen MR) is 58.4 cm³/mol. The highest BCUT2D eigenvalue weighted by atomic mass is 35.5. The Balaban J connectivity index is 2.13. The van der Waals surface area contributed by atoms with Crippen LogP contribution in [0.25, 0.3) is 0 Å². The molecule has 2 atom stereocenters. The number of allylic oxidation sites excluding steroid dienone is 1. The Kier molecular flexibility index (Phi) is 2.25. The first-order valence-electron chi connectivity index (χ1n) is 5.29. The van der Waals surface area contributed by atoms with Crippen molar-refractivity contribution in [3.8, 4) is 0 Å². The van der Waals surface area contributed by atoms with E-state index in [4.69, 9.17) is 11.8 Å². The third-order valence-electron chi connectivity index (χ3n) is 3.22. The SMILES string of the molecule is O=C1c2[nH]nnc2C(=O)N(Cl)C2CC=CCC12. The summed E-state index contributed by atoms with van der Waals surface area (Å²) in [6, 6.07) is -0.302. The first kappa shape index (κ1) is 10.5. The summed E-state index contributed by atoms with van der Waals surface area (Å²) < 4.78 is 1.08. The molecule has 1 amide bonds. The van der Waals surface area contributed by atoms with Crippen molar-refractivity contribution in [3.63, 3.8) is 0 Å². The summed E-state index contributed by atoms with van der Waals surface area (Å²) in [6.07, 6.45) is 5.04. The molecule has 0 saturated carbocycles. The van der Waals surface area contributed by atoms with Crippen LogP contribution in [0, 0.1) is 5.92 Å². The zero-order chi connectivity index (χ0) is 12.0. The number of ketones is 1. The summed E-state index contributed by atoms with van der Waals surface area (Å²) in [7, 11) is 0. The highest BCUT2D eigenvalue weighted by molar-refractivity contribution is 6.26. The van der Waals surface area contributed by atoms with Crippen LogP contribution >= 0.6 is 11.8 Å². The summed E-state index contributed by atoms with van der Waals surface area (Å²) >= 11 is 6.01. The largest absolute Gasteiger partial charge is 0.292 e. The summed E-state index contributed by atoms with van der Waals surface area (Å²) in [5, 5.41) is 9.62. The molecule has 0 spiro atoms. The molecule has 17 heavy (non-hydrogen) atoms. The Morgan fingerprint density at radius 1 is 1.35 bits per heavy atom. The fraction of sp³-hybridized carbons (Fsp3) is 0.400. The van der Waals surface area contributed by atoms with E-state index in [-0.39, 0.29) is 29.1 Å². The molecular formula is C10H9ClN4O2.